The van der Waals surface area contributed by atoms with Crippen molar-refractivity contribution < 1.29 is 14.3 Å². The van der Waals surface area contributed by atoms with Crippen LogP contribution < -0.4 is 0 Å². The van der Waals surface area contributed by atoms with Gasteiger partial charge in [-0.3, -0.25) is 4.79 Å². The van der Waals surface area contributed by atoms with E-state index in [9.17, 15) is 4.79 Å². The fraction of sp³-hybridized carbons (Fsp3) is 0.737. The lowest BCUT2D eigenvalue weighted by Crippen LogP contribution is -2.43. The Kier molecular flexibility index (Phi) is 4.67. The van der Waals surface area contributed by atoms with Crippen molar-refractivity contribution in [1.82, 2.24) is 4.90 Å². The minimum absolute atomic E-state index is 0.209. The fourth-order valence-electron chi connectivity index (χ4n) is 3.92. The largest absolute Gasteiger partial charge is 0.378 e. The lowest BCUT2D eigenvalue weighted by Gasteiger charge is -2.38. The van der Waals surface area contributed by atoms with E-state index in [1.807, 2.05) is 23.3 Å². The molecule has 132 valence electrons. The highest BCUT2D eigenvalue weighted by molar-refractivity contribution is 7.12. The molecule has 24 heavy (non-hydrogen) atoms. The number of piperidine rings is 1. The number of hydrogen-bond acceptors (Lipinski definition) is 4. The first-order valence-corrected chi connectivity index (χ1v) is 10.1. The predicted octanol–water partition coefficient (Wildman–Crippen LogP) is 3.49. The number of thiophene rings is 1. The summed E-state index contributed by atoms with van der Waals surface area (Å²) in [7, 11) is 0. The van der Waals surface area contributed by atoms with Crippen LogP contribution >= 0.6 is 11.3 Å². The molecule has 0 unspecified atom stereocenters. The van der Waals surface area contributed by atoms with E-state index in [1.165, 1.54) is 12.8 Å². The van der Waals surface area contributed by atoms with Crippen molar-refractivity contribution in [3.05, 3.63) is 21.9 Å². The summed E-state index contributed by atoms with van der Waals surface area (Å²) in [6, 6.07) is 2.03. The minimum Gasteiger partial charge on any atom is -0.378 e. The number of carbonyl (C=O) groups excluding carboxylic acids is 1. The van der Waals surface area contributed by atoms with Crippen LogP contribution in [0.5, 0.6) is 0 Å². The zero-order valence-corrected chi connectivity index (χ0v) is 15.3. The first-order chi connectivity index (χ1) is 11.7. The normalized spacial score (nSPS) is 26.2. The van der Waals surface area contributed by atoms with Gasteiger partial charge in [-0.15, -0.1) is 11.3 Å². The first kappa shape index (κ1) is 16.6. The summed E-state index contributed by atoms with van der Waals surface area (Å²) in [4.78, 5) is 15.6. The van der Waals surface area contributed by atoms with Gasteiger partial charge in [0.25, 0.3) is 5.91 Å². The van der Waals surface area contributed by atoms with Crippen LogP contribution in [0.25, 0.3) is 0 Å². The topological polar surface area (TPSA) is 38.8 Å². The van der Waals surface area contributed by atoms with Gasteiger partial charge >= 0.3 is 0 Å². The highest BCUT2D eigenvalue weighted by Crippen LogP contribution is 2.42. The Bertz CT molecular complexity index is 587. The molecule has 4 rings (SSSR count). The molecule has 3 heterocycles. The molecule has 3 aliphatic rings. The van der Waals surface area contributed by atoms with E-state index in [2.05, 4.69) is 0 Å². The summed E-state index contributed by atoms with van der Waals surface area (Å²) in [5.74, 6) is 1.02. The van der Waals surface area contributed by atoms with Crippen molar-refractivity contribution in [3.8, 4) is 0 Å². The number of aryl methyl sites for hydroxylation is 1. The molecule has 2 aliphatic heterocycles. The summed E-state index contributed by atoms with van der Waals surface area (Å²) >= 11 is 1.56. The molecule has 1 saturated carbocycles. The Morgan fingerprint density at radius 2 is 2.17 bits per heavy atom. The average Bonchev–Trinajstić information content (AvgIpc) is 3.18. The molecule has 1 aromatic heterocycles. The van der Waals surface area contributed by atoms with Crippen LogP contribution in [0.15, 0.2) is 11.4 Å². The van der Waals surface area contributed by atoms with Gasteiger partial charge in [-0.25, -0.2) is 0 Å². The van der Waals surface area contributed by atoms with Crippen LogP contribution in [-0.4, -0.2) is 49.8 Å². The van der Waals surface area contributed by atoms with E-state index in [1.54, 1.807) is 11.3 Å². The number of hydrogen-bond donors (Lipinski definition) is 0. The molecule has 0 bridgehead atoms. The van der Waals surface area contributed by atoms with Crippen LogP contribution in [0, 0.1) is 18.3 Å². The molecule has 3 fully saturated rings. The maximum absolute atomic E-state index is 12.6. The summed E-state index contributed by atoms with van der Waals surface area (Å²) in [5, 5.41) is 2.01. The molecule has 1 aromatic rings. The molecule has 0 N–H and O–H groups in total. The standard InChI is InChI=1S/C19H27NO3S/c1-14-4-9-24-17(14)18(21)20-7-5-19(6-8-20)10-16(23-13-19)12-22-11-15-2-3-15/h4,9,15-16H,2-3,5-8,10-13H2,1H3/t16-/m0/s1. The second kappa shape index (κ2) is 6.77. The molecule has 1 atom stereocenters. The van der Waals surface area contributed by atoms with Crippen LogP contribution in [0.2, 0.25) is 0 Å². The molecular weight excluding hydrogens is 322 g/mol. The van der Waals surface area contributed by atoms with Crippen molar-refractivity contribution >= 4 is 17.2 Å². The van der Waals surface area contributed by atoms with Gasteiger partial charge in [0, 0.05) is 19.7 Å². The van der Waals surface area contributed by atoms with E-state index in [-0.39, 0.29) is 17.4 Å². The summed E-state index contributed by atoms with van der Waals surface area (Å²) in [5.41, 5.74) is 1.37. The molecule has 1 aliphatic carbocycles. The van der Waals surface area contributed by atoms with E-state index < -0.39 is 0 Å². The lowest BCUT2D eigenvalue weighted by atomic mass is 9.76. The monoisotopic (exact) mass is 349 g/mol. The zero-order valence-electron chi connectivity index (χ0n) is 14.5. The number of ether oxygens (including phenoxy) is 2. The average molecular weight is 349 g/mol. The Balaban J connectivity index is 1.26. The second-order valence-corrected chi connectivity index (χ2v) is 8.76. The van der Waals surface area contributed by atoms with E-state index in [0.29, 0.717) is 0 Å². The van der Waals surface area contributed by atoms with Gasteiger partial charge in [-0.1, -0.05) is 0 Å². The molecule has 1 spiro atoms. The number of amides is 1. The van der Waals surface area contributed by atoms with Gasteiger partial charge in [0.15, 0.2) is 0 Å². The van der Waals surface area contributed by atoms with Crippen molar-refractivity contribution in [3.63, 3.8) is 0 Å². The maximum atomic E-state index is 12.6. The quantitative estimate of drug-likeness (QED) is 0.817. The van der Waals surface area contributed by atoms with Crippen LogP contribution in [0.1, 0.15) is 47.3 Å². The van der Waals surface area contributed by atoms with E-state index in [0.717, 1.165) is 68.5 Å². The lowest BCUT2D eigenvalue weighted by molar-refractivity contribution is 0.00939. The summed E-state index contributed by atoms with van der Waals surface area (Å²) < 4.78 is 11.8. The summed E-state index contributed by atoms with van der Waals surface area (Å²) in [6.07, 6.45) is 6.14. The zero-order chi connectivity index (χ0) is 16.6. The molecule has 0 aromatic carbocycles. The molecular formula is C19H27NO3S. The summed E-state index contributed by atoms with van der Waals surface area (Å²) in [6.45, 7) is 6.23. The number of nitrogens with zero attached hydrogens (tertiary/aromatic N) is 1. The van der Waals surface area contributed by atoms with Crippen molar-refractivity contribution in [2.45, 2.75) is 45.1 Å². The van der Waals surface area contributed by atoms with Crippen molar-refractivity contribution in [2.75, 3.05) is 32.9 Å². The van der Waals surface area contributed by atoms with Crippen molar-refractivity contribution in [1.29, 1.82) is 0 Å². The van der Waals surface area contributed by atoms with E-state index >= 15 is 0 Å². The van der Waals surface area contributed by atoms with Crippen LogP contribution in [-0.2, 0) is 9.47 Å². The number of likely N-dealkylation sites (tertiary alicyclic amines) is 1. The van der Waals surface area contributed by atoms with Gasteiger partial charge < -0.3 is 14.4 Å². The molecule has 4 nitrogen and oxygen atoms in total. The Labute approximate surface area is 148 Å². The predicted molar refractivity (Wildman–Crippen MR) is 94.5 cm³/mol. The van der Waals surface area contributed by atoms with Gasteiger partial charge in [0.2, 0.25) is 0 Å². The minimum atomic E-state index is 0.209. The number of rotatable bonds is 5. The van der Waals surface area contributed by atoms with Crippen LogP contribution in [0.4, 0.5) is 0 Å². The molecule has 1 amide bonds. The van der Waals surface area contributed by atoms with Gasteiger partial charge in [-0.2, -0.15) is 0 Å². The highest BCUT2D eigenvalue weighted by Gasteiger charge is 2.43. The third-order valence-electron chi connectivity index (χ3n) is 5.81. The third-order valence-corrected chi connectivity index (χ3v) is 6.81. The highest BCUT2D eigenvalue weighted by atomic mass is 32.1. The Morgan fingerprint density at radius 3 is 2.83 bits per heavy atom. The first-order valence-electron chi connectivity index (χ1n) is 9.18. The number of carbonyl (C=O) groups is 1. The van der Waals surface area contributed by atoms with Crippen molar-refractivity contribution in [2.24, 2.45) is 11.3 Å². The third kappa shape index (κ3) is 3.53. The molecule has 2 saturated heterocycles. The van der Waals surface area contributed by atoms with Gasteiger partial charge in [-0.05, 0) is 67.4 Å². The molecule has 0 radical (unpaired) electrons. The van der Waals surface area contributed by atoms with Gasteiger partial charge in [0.1, 0.15) is 0 Å². The SMILES string of the molecule is Cc1ccsc1C(=O)N1CCC2(CC1)CO[C@H](COCC1CC1)C2. The van der Waals surface area contributed by atoms with E-state index in [4.69, 9.17) is 9.47 Å². The smallest absolute Gasteiger partial charge is 0.264 e. The van der Waals surface area contributed by atoms with Crippen LogP contribution in [0.3, 0.4) is 0 Å². The second-order valence-electron chi connectivity index (χ2n) is 7.84. The Morgan fingerprint density at radius 1 is 1.38 bits per heavy atom. The Hall–Kier alpha value is -0.910. The maximum Gasteiger partial charge on any atom is 0.264 e. The van der Waals surface area contributed by atoms with Gasteiger partial charge in [0.05, 0.1) is 24.2 Å². The molecule has 5 heteroatoms. The fourth-order valence-corrected chi connectivity index (χ4v) is 4.81.